The van der Waals surface area contributed by atoms with Crippen LogP contribution in [-0.2, 0) is 14.4 Å². The van der Waals surface area contributed by atoms with Gasteiger partial charge in [-0.2, -0.15) is 0 Å². The van der Waals surface area contributed by atoms with Crippen molar-refractivity contribution in [3.63, 3.8) is 0 Å². The van der Waals surface area contributed by atoms with Gasteiger partial charge in [0.15, 0.2) is 0 Å². The summed E-state index contributed by atoms with van der Waals surface area (Å²) >= 11 is 0. The summed E-state index contributed by atoms with van der Waals surface area (Å²) in [5.74, 6) is -1.54. The van der Waals surface area contributed by atoms with Gasteiger partial charge in [0.1, 0.15) is 0 Å². The molecule has 0 aromatic rings. The minimum atomic E-state index is -0.699. The maximum atomic E-state index is 11.7. The lowest BCUT2D eigenvalue weighted by Gasteiger charge is -2.18. The molecule has 1 atom stereocenters. The highest BCUT2D eigenvalue weighted by molar-refractivity contribution is 6.37. The van der Waals surface area contributed by atoms with E-state index < -0.39 is 11.7 Å². The van der Waals surface area contributed by atoms with E-state index in [-0.39, 0.29) is 25.0 Å². The summed E-state index contributed by atoms with van der Waals surface area (Å²) in [6, 6.07) is -0.186. The van der Waals surface area contributed by atoms with E-state index in [4.69, 9.17) is 0 Å². The number of ketones is 1. The minimum Gasteiger partial charge on any atom is -0.347 e. The van der Waals surface area contributed by atoms with E-state index in [2.05, 4.69) is 17.2 Å². The predicted molar refractivity (Wildman–Crippen MR) is 66.9 cm³/mol. The summed E-state index contributed by atoms with van der Waals surface area (Å²) in [4.78, 5) is 36.3. The molecule has 0 bridgehead atoms. The number of hydrogen-bond acceptors (Lipinski definition) is 4. The number of nitrogens with one attached hydrogen (secondary N) is 2. The van der Waals surface area contributed by atoms with Gasteiger partial charge in [0.25, 0.3) is 5.91 Å². The Kier molecular flexibility index (Phi) is 5.51. The first-order chi connectivity index (χ1) is 8.56. The zero-order valence-corrected chi connectivity index (χ0v) is 10.6. The van der Waals surface area contributed by atoms with Crippen LogP contribution in [0.5, 0.6) is 0 Å². The predicted octanol–water partition coefficient (Wildman–Crippen LogP) is -0.932. The van der Waals surface area contributed by atoms with Crippen LogP contribution in [-0.4, -0.2) is 55.2 Å². The Labute approximate surface area is 106 Å². The molecule has 1 saturated heterocycles. The number of nitrogens with zero attached hydrogens (tertiary/aromatic N) is 1. The fourth-order valence-corrected chi connectivity index (χ4v) is 1.87. The van der Waals surface area contributed by atoms with Crippen LogP contribution in [0.4, 0.5) is 0 Å². The fourth-order valence-electron chi connectivity index (χ4n) is 1.87. The second-order valence-corrected chi connectivity index (χ2v) is 4.28. The van der Waals surface area contributed by atoms with Crippen LogP contribution < -0.4 is 10.6 Å². The van der Waals surface area contributed by atoms with Crippen molar-refractivity contribution in [1.29, 1.82) is 0 Å². The molecule has 0 aromatic heterocycles. The normalized spacial score (nSPS) is 19.3. The van der Waals surface area contributed by atoms with Crippen LogP contribution in [0, 0.1) is 0 Å². The van der Waals surface area contributed by atoms with Gasteiger partial charge in [-0.3, -0.25) is 19.3 Å². The molecule has 0 aromatic carbocycles. The smallest absolute Gasteiger partial charge is 0.289 e. The Balaban J connectivity index is 2.31. The molecule has 18 heavy (non-hydrogen) atoms. The van der Waals surface area contributed by atoms with Gasteiger partial charge in [0.05, 0.1) is 12.6 Å². The quantitative estimate of drug-likeness (QED) is 0.473. The van der Waals surface area contributed by atoms with Crippen molar-refractivity contribution in [2.45, 2.75) is 18.9 Å². The van der Waals surface area contributed by atoms with Gasteiger partial charge < -0.3 is 10.6 Å². The Bertz CT molecular complexity index is 354. The van der Waals surface area contributed by atoms with Crippen molar-refractivity contribution in [2.24, 2.45) is 0 Å². The molecule has 1 aliphatic heterocycles. The number of hydrogen-bond donors (Lipinski definition) is 2. The molecule has 0 spiro atoms. The lowest BCUT2D eigenvalue weighted by molar-refractivity contribution is -0.138. The average molecular weight is 253 g/mol. The van der Waals surface area contributed by atoms with Gasteiger partial charge in [0, 0.05) is 6.54 Å². The van der Waals surface area contributed by atoms with Crippen molar-refractivity contribution in [3.8, 4) is 0 Å². The van der Waals surface area contributed by atoms with Gasteiger partial charge in [0.2, 0.25) is 11.7 Å². The molecule has 1 fully saturated rings. The Hall–Kier alpha value is -1.69. The molecule has 1 aliphatic rings. The van der Waals surface area contributed by atoms with Crippen LogP contribution in [0.15, 0.2) is 12.7 Å². The van der Waals surface area contributed by atoms with Crippen molar-refractivity contribution in [1.82, 2.24) is 15.5 Å². The van der Waals surface area contributed by atoms with Gasteiger partial charge in [-0.05, 0) is 26.4 Å². The van der Waals surface area contributed by atoms with E-state index >= 15 is 0 Å². The average Bonchev–Trinajstić information content (AvgIpc) is 2.78. The van der Waals surface area contributed by atoms with Crippen molar-refractivity contribution in [3.05, 3.63) is 12.7 Å². The van der Waals surface area contributed by atoms with E-state index in [1.807, 2.05) is 11.9 Å². The maximum absolute atomic E-state index is 11.7. The highest BCUT2D eigenvalue weighted by Crippen LogP contribution is 2.14. The fraction of sp³-hybridized carbons (Fsp3) is 0.583. The topological polar surface area (TPSA) is 78.5 Å². The van der Waals surface area contributed by atoms with Crippen LogP contribution in [0.25, 0.3) is 0 Å². The van der Waals surface area contributed by atoms with E-state index in [1.54, 1.807) is 0 Å². The highest BCUT2D eigenvalue weighted by Gasteiger charge is 2.28. The molecule has 1 rings (SSSR count). The number of rotatable bonds is 6. The third-order valence-electron chi connectivity index (χ3n) is 2.91. The summed E-state index contributed by atoms with van der Waals surface area (Å²) in [5.41, 5.74) is 0. The van der Waals surface area contributed by atoms with E-state index in [1.165, 1.54) is 6.08 Å². The lowest BCUT2D eigenvalue weighted by Crippen LogP contribution is -2.45. The first-order valence-corrected chi connectivity index (χ1v) is 5.96. The van der Waals surface area contributed by atoms with Gasteiger partial charge in [-0.1, -0.05) is 6.08 Å². The number of likely N-dealkylation sites (N-methyl/N-ethyl adjacent to an activating group) is 1. The zero-order valence-electron chi connectivity index (χ0n) is 10.6. The van der Waals surface area contributed by atoms with E-state index in [0.29, 0.717) is 0 Å². The molecule has 1 heterocycles. The van der Waals surface area contributed by atoms with E-state index in [0.717, 1.165) is 19.4 Å². The zero-order chi connectivity index (χ0) is 13.5. The molecule has 2 N–H and O–H groups in total. The molecule has 0 radical (unpaired) electrons. The summed E-state index contributed by atoms with van der Waals surface area (Å²) in [5, 5.41) is 4.86. The molecular weight excluding hydrogens is 234 g/mol. The number of likely N-dealkylation sites (tertiary alicyclic amines) is 1. The molecule has 0 aliphatic carbocycles. The summed E-state index contributed by atoms with van der Waals surface area (Å²) in [6.45, 7) is 4.29. The third kappa shape index (κ3) is 3.96. The standard InChI is InChI=1S/C12H19N3O3/c1-3-6-13-12(18)10(16)8-14-11(17)9-5-4-7-15(9)2/h3,9H,1,4-8H2,2H3,(H,13,18)(H,14,17). The molecule has 0 saturated carbocycles. The summed E-state index contributed by atoms with van der Waals surface area (Å²) in [6.07, 6.45) is 3.25. The van der Waals surface area contributed by atoms with Gasteiger partial charge in [-0.25, -0.2) is 0 Å². The molecule has 1 unspecified atom stereocenters. The van der Waals surface area contributed by atoms with Crippen LogP contribution in [0.1, 0.15) is 12.8 Å². The summed E-state index contributed by atoms with van der Waals surface area (Å²) in [7, 11) is 1.87. The summed E-state index contributed by atoms with van der Waals surface area (Å²) < 4.78 is 0. The molecule has 2 amide bonds. The minimum absolute atomic E-state index is 0.186. The van der Waals surface area contributed by atoms with Crippen LogP contribution in [0.2, 0.25) is 0 Å². The Morgan fingerprint density at radius 3 is 2.67 bits per heavy atom. The van der Waals surface area contributed by atoms with Crippen molar-refractivity contribution >= 4 is 17.6 Å². The molecular formula is C12H19N3O3. The first-order valence-electron chi connectivity index (χ1n) is 5.96. The largest absolute Gasteiger partial charge is 0.347 e. The number of carbonyl (C=O) groups excluding carboxylic acids is 3. The SMILES string of the molecule is C=CCNC(=O)C(=O)CNC(=O)C1CCCN1C. The number of carbonyl (C=O) groups is 3. The van der Waals surface area contributed by atoms with Crippen molar-refractivity contribution < 1.29 is 14.4 Å². The van der Waals surface area contributed by atoms with Crippen LogP contribution in [0.3, 0.4) is 0 Å². The monoisotopic (exact) mass is 253 g/mol. The second kappa shape index (κ2) is 6.90. The van der Waals surface area contributed by atoms with Gasteiger partial charge in [-0.15, -0.1) is 6.58 Å². The number of amides is 2. The first kappa shape index (κ1) is 14.4. The lowest BCUT2D eigenvalue weighted by atomic mass is 10.2. The second-order valence-electron chi connectivity index (χ2n) is 4.28. The molecule has 6 nitrogen and oxygen atoms in total. The van der Waals surface area contributed by atoms with Gasteiger partial charge >= 0.3 is 0 Å². The third-order valence-corrected chi connectivity index (χ3v) is 2.91. The molecule has 6 heteroatoms. The number of Topliss-reactive ketones (excluding diaryl/α,β-unsaturated/α-hetero) is 1. The Morgan fingerprint density at radius 2 is 2.11 bits per heavy atom. The van der Waals surface area contributed by atoms with E-state index in [9.17, 15) is 14.4 Å². The van der Waals surface area contributed by atoms with Crippen LogP contribution >= 0.6 is 0 Å². The Morgan fingerprint density at radius 1 is 1.39 bits per heavy atom. The maximum Gasteiger partial charge on any atom is 0.289 e. The highest BCUT2D eigenvalue weighted by atomic mass is 16.2. The molecule has 100 valence electrons. The van der Waals surface area contributed by atoms with Crippen molar-refractivity contribution in [2.75, 3.05) is 26.7 Å².